The molecule has 0 atom stereocenters. The number of rotatable bonds is 4. The maximum absolute atomic E-state index is 12.5. The molecule has 1 aliphatic heterocycles. The van der Waals surface area contributed by atoms with Crippen molar-refractivity contribution >= 4 is 23.4 Å². The van der Waals surface area contributed by atoms with Crippen LogP contribution < -0.4 is 4.74 Å². The van der Waals surface area contributed by atoms with Crippen LogP contribution in [-0.4, -0.2) is 54.4 Å². The Balaban J connectivity index is 1.51. The van der Waals surface area contributed by atoms with E-state index in [1.807, 2.05) is 6.07 Å². The Kier molecular flexibility index (Phi) is 5.94. The number of hydrogen-bond donors (Lipinski definition) is 0. The quantitative estimate of drug-likeness (QED) is 0.813. The van der Waals surface area contributed by atoms with Gasteiger partial charge in [0, 0.05) is 36.8 Å². The molecular formula is C20H18ClN3O3. The Morgan fingerprint density at radius 1 is 1.00 bits per heavy atom. The molecule has 138 valence electrons. The number of para-hydroxylation sites is 1. The maximum Gasteiger partial charge on any atom is 0.260 e. The molecule has 7 heteroatoms. The van der Waals surface area contributed by atoms with Crippen LogP contribution in [0.2, 0.25) is 5.02 Å². The van der Waals surface area contributed by atoms with Gasteiger partial charge in [0.05, 0.1) is 5.56 Å². The average Bonchev–Trinajstić information content (AvgIpc) is 2.72. The van der Waals surface area contributed by atoms with Crippen molar-refractivity contribution in [1.29, 1.82) is 5.26 Å². The fraction of sp³-hybridized carbons (Fsp3) is 0.250. The lowest BCUT2D eigenvalue weighted by Gasteiger charge is -2.34. The lowest BCUT2D eigenvalue weighted by Crippen LogP contribution is -2.51. The molecule has 0 saturated carbocycles. The van der Waals surface area contributed by atoms with Crippen LogP contribution in [0.5, 0.6) is 5.75 Å². The molecule has 0 radical (unpaired) electrons. The third-order valence-electron chi connectivity index (χ3n) is 4.37. The summed E-state index contributed by atoms with van der Waals surface area (Å²) in [6.45, 7) is 1.68. The average molecular weight is 384 g/mol. The predicted octanol–water partition coefficient (Wildman–Crippen LogP) is 2.58. The van der Waals surface area contributed by atoms with Gasteiger partial charge < -0.3 is 14.5 Å². The van der Waals surface area contributed by atoms with Crippen LogP contribution in [0.1, 0.15) is 15.9 Å². The van der Waals surface area contributed by atoms with E-state index in [2.05, 4.69) is 0 Å². The summed E-state index contributed by atoms with van der Waals surface area (Å²) < 4.78 is 5.49. The molecule has 0 aromatic heterocycles. The van der Waals surface area contributed by atoms with Crippen LogP contribution in [0.4, 0.5) is 0 Å². The normalized spacial score (nSPS) is 13.8. The van der Waals surface area contributed by atoms with E-state index in [-0.39, 0.29) is 18.4 Å². The van der Waals surface area contributed by atoms with Crippen molar-refractivity contribution < 1.29 is 14.3 Å². The molecule has 6 nitrogen and oxygen atoms in total. The molecule has 2 amide bonds. The van der Waals surface area contributed by atoms with Gasteiger partial charge in [-0.1, -0.05) is 23.7 Å². The Hall–Kier alpha value is -3.04. The number of benzene rings is 2. The van der Waals surface area contributed by atoms with Gasteiger partial charge in [0.2, 0.25) is 0 Å². The SMILES string of the molecule is N#Cc1ccccc1OCC(=O)N1CCN(C(=O)c2ccc(Cl)cc2)CC1. The van der Waals surface area contributed by atoms with Gasteiger partial charge in [0.25, 0.3) is 11.8 Å². The summed E-state index contributed by atoms with van der Waals surface area (Å²) in [5.74, 6) is 0.157. The molecule has 0 N–H and O–H groups in total. The number of hydrogen-bond acceptors (Lipinski definition) is 4. The van der Waals surface area contributed by atoms with Gasteiger partial charge in [-0.2, -0.15) is 5.26 Å². The Bertz CT molecular complexity index is 869. The molecule has 0 unspecified atom stereocenters. The lowest BCUT2D eigenvalue weighted by molar-refractivity contribution is -0.134. The Labute approximate surface area is 162 Å². The van der Waals surface area contributed by atoms with E-state index in [1.54, 1.807) is 58.3 Å². The summed E-state index contributed by atoms with van der Waals surface area (Å²) in [5.41, 5.74) is 0.972. The molecule has 3 rings (SSSR count). The van der Waals surface area contributed by atoms with Crippen molar-refractivity contribution in [3.8, 4) is 11.8 Å². The number of ether oxygens (including phenoxy) is 1. The molecule has 27 heavy (non-hydrogen) atoms. The highest BCUT2D eigenvalue weighted by atomic mass is 35.5. The smallest absolute Gasteiger partial charge is 0.260 e. The van der Waals surface area contributed by atoms with Gasteiger partial charge in [-0.15, -0.1) is 0 Å². The monoisotopic (exact) mass is 383 g/mol. The number of carbonyl (C=O) groups is 2. The molecule has 0 bridgehead atoms. The standard InChI is InChI=1S/C20H18ClN3O3/c21-17-7-5-15(6-8-17)20(26)24-11-9-23(10-12-24)19(25)14-27-18-4-2-1-3-16(18)13-22/h1-8H,9-12,14H2. The van der Waals surface area contributed by atoms with Gasteiger partial charge >= 0.3 is 0 Å². The summed E-state index contributed by atoms with van der Waals surface area (Å²) in [6.07, 6.45) is 0. The van der Waals surface area contributed by atoms with Gasteiger partial charge in [0.15, 0.2) is 6.61 Å². The van der Waals surface area contributed by atoms with Gasteiger partial charge in [-0.25, -0.2) is 0 Å². The van der Waals surface area contributed by atoms with E-state index in [4.69, 9.17) is 21.6 Å². The zero-order valence-electron chi connectivity index (χ0n) is 14.6. The van der Waals surface area contributed by atoms with E-state index >= 15 is 0 Å². The van der Waals surface area contributed by atoms with Crippen molar-refractivity contribution in [2.24, 2.45) is 0 Å². The Morgan fingerprint density at radius 2 is 1.63 bits per heavy atom. The van der Waals surface area contributed by atoms with Gasteiger partial charge in [0.1, 0.15) is 11.8 Å². The fourth-order valence-electron chi connectivity index (χ4n) is 2.85. The summed E-state index contributed by atoms with van der Waals surface area (Å²) in [6, 6.07) is 15.6. The fourth-order valence-corrected chi connectivity index (χ4v) is 2.98. The van der Waals surface area contributed by atoms with E-state index in [0.717, 1.165) is 0 Å². The maximum atomic E-state index is 12.5. The van der Waals surface area contributed by atoms with E-state index in [0.29, 0.717) is 48.1 Å². The Morgan fingerprint density at radius 3 is 2.30 bits per heavy atom. The highest BCUT2D eigenvalue weighted by molar-refractivity contribution is 6.30. The summed E-state index contributed by atoms with van der Waals surface area (Å²) >= 11 is 5.85. The van der Waals surface area contributed by atoms with Crippen molar-refractivity contribution in [1.82, 2.24) is 9.80 Å². The minimum atomic E-state index is -0.165. The van der Waals surface area contributed by atoms with E-state index < -0.39 is 0 Å². The zero-order chi connectivity index (χ0) is 19.2. The first-order chi connectivity index (χ1) is 13.1. The largest absolute Gasteiger partial charge is 0.482 e. The van der Waals surface area contributed by atoms with E-state index in [9.17, 15) is 9.59 Å². The second-order valence-corrected chi connectivity index (χ2v) is 6.51. The molecule has 2 aromatic carbocycles. The molecule has 1 saturated heterocycles. The first kappa shape index (κ1) is 18.7. The predicted molar refractivity (Wildman–Crippen MR) is 101 cm³/mol. The van der Waals surface area contributed by atoms with Crippen LogP contribution >= 0.6 is 11.6 Å². The molecule has 1 heterocycles. The zero-order valence-corrected chi connectivity index (χ0v) is 15.4. The molecule has 2 aromatic rings. The topological polar surface area (TPSA) is 73.6 Å². The highest BCUT2D eigenvalue weighted by Crippen LogP contribution is 2.17. The van der Waals surface area contributed by atoms with Crippen LogP contribution in [0.25, 0.3) is 0 Å². The van der Waals surface area contributed by atoms with Crippen molar-refractivity contribution in [3.05, 3.63) is 64.7 Å². The van der Waals surface area contributed by atoms with Crippen LogP contribution in [0, 0.1) is 11.3 Å². The number of amides is 2. The summed E-state index contributed by atoms with van der Waals surface area (Å²) in [4.78, 5) is 28.2. The third-order valence-corrected chi connectivity index (χ3v) is 4.62. The van der Waals surface area contributed by atoms with Gasteiger partial charge in [-0.05, 0) is 36.4 Å². The third kappa shape index (κ3) is 4.57. The number of nitrogens with zero attached hydrogens (tertiary/aromatic N) is 3. The second-order valence-electron chi connectivity index (χ2n) is 6.08. The highest BCUT2D eigenvalue weighted by Gasteiger charge is 2.25. The number of nitriles is 1. The van der Waals surface area contributed by atoms with E-state index in [1.165, 1.54) is 0 Å². The van der Waals surface area contributed by atoms with Crippen molar-refractivity contribution in [2.75, 3.05) is 32.8 Å². The number of piperazine rings is 1. The first-order valence-electron chi connectivity index (χ1n) is 8.53. The van der Waals surface area contributed by atoms with Gasteiger partial charge in [-0.3, -0.25) is 9.59 Å². The van der Waals surface area contributed by atoms with Crippen LogP contribution in [-0.2, 0) is 4.79 Å². The molecule has 0 spiro atoms. The van der Waals surface area contributed by atoms with Crippen LogP contribution in [0.3, 0.4) is 0 Å². The molecular weight excluding hydrogens is 366 g/mol. The lowest BCUT2D eigenvalue weighted by atomic mass is 10.2. The van der Waals surface area contributed by atoms with Crippen molar-refractivity contribution in [3.63, 3.8) is 0 Å². The molecule has 1 aliphatic rings. The van der Waals surface area contributed by atoms with Crippen molar-refractivity contribution in [2.45, 2.75) is 0 Å². The number of halogens is 1. The molecule has 0 aliphatic carbocycles. The summed E-state index contributed by atoms with van der Waals surface area (Å²) in [7, 11) is 0. The first-order valence-corrected chi connectivity index (χ1v) is 8.91. The second kappa shape index (κ2) is 8.56. The minimum Gasteiger partial charge on any atom is -0.482 e. The minimum absolute atomic E-state index is 0.0713. The van der Waals surface area contributed by atoms with Crippen LogP contribution in [0.15, 0.2) is 48.5 Å². The summed E-state index contributed by atoms with van der Waals surface area (Å²) in [5, 5.41) is 9.64. The molecule has 1 fully saturated rings. The number of carbonyl (C=O) groups excluding carboxylic acids is 2.